The molecule has 4 atom stereocenters. The first-order valence-electron chi connectivity index (χ1n) is 21.7. The molecule has 1 unspecified atom stereocenters. The van der Waals surface area contributed by atoms with Gasteiger partial charge in [-0.05, 0) is 82.5 Å². The molecule has 0 aliphatic carbocycles. The van der Waals surface area contributed by atoms with Gasteiger partial charge in [-0.3, -0.25) is 33.9 Å². The van der Waals surface area contributed by atoms with E-state index in [2.05, 4.69) is 31.0 Å². The Kier molecular flexibility index (Phi) is 15.8. The van der Waals surface area contributed by atoms with Gasteiger partial charge < -0.3 is 28.2 Å². The lowest BCUT2D eigenvalue weighted by molar-refractivity contribution is -0.152. The normalized spacial score (nSPS) is 17.2. The highest BCUT2D eigenvalue weighted by molar-refractivity contribution is 7.51. The predicted octanol–water partition coefficient (Wildman–Crippen LogP) is 8.08. The van der Waals surface area contributed by atoms with Gasteiger partial charge in [-0.1, -0.05) is 68.4 Å². The fourth-order valence-electron chi connectivity index (χ4n) is 7.99. The second-order valence-corrected chi connectivity index (χ2v) is 19.0. The highest BCUT2D eigenvalue weighted by Crippen LogP contribution is 2.50. The Bertz CT molecular complexity index is 2430. The third kappa shape index (κ3) is 11.2. The number of carbonyl (C=O) groups excluding carboxylic acids is 2. The van der Waals surface area contributed by atoms with Crippen molar-refractivity contribution >= 4 is 37.3 Å². The van der Waals surface area contributed by atoms with Crippen LogP contribution in [0.1, 0.15) is 91.1 Å². The average Bonchev–Trinajstić information content (AvgIpc) is 3.88. The summed E-state index contributed by atoms with van der Waals surface area (Å²) in [6.45, 7) is 15.1. The van der Waals surface area contributed by atoms with Gasteiger partial charge in [0.05, 0.1) is 45.7 Å². The lowest BCUT2D eigenvalue weighted by Crippen LogP contribution is -2.40. The van der Waals surface area contributed by atoms with Crippen LogP contribution < -0.4 is 20.3 Å². The lowest BCUT2D eigenvalue weighted by Gasteiger charge is -2.40. The number of rotatable bonds is 20. The molecule has 0 bridgehead atoms. The molecule has 1 aliphatic heterocycles. The number of hydrogen-bond donors (Lipinski definition) is 2. The molecule has 1 aliphatic rings. The summed E-state index contributed by atoms with van der Waals surface area (Å²) in [4.78, 5) is 51.4. The van der Waals surface area contributed by atoms with E-state index in [0.29, 0.717) is 11.5 Å². The minimum Gasteiger partial charge on any atom is -0.497 e. The molecule has 1 fully saturated rings. The smallest absolute Gasteiger partial charge is 0.314 e. The number of nitrogens with one attached hydrogen (secondary N) is 2. The maximum absolute atomic E-state index is 13.8. The third-order valence-corrected chi connectivity index (χ3v) is 13.5. The Morgan fingerprint density at radius 1 is 0.938 bits per heavy atom. The number of aromatic nitrogens is 4. The van der Waals surface area contributed by atoms with Crippen molar-refractivity contribution in [3.8, 4) is 17.6 Å². The van der Waals surface area contributed by atoms with Gasteiger partial charge in [-0.2, -0.15) is 10.2 Å². The number of nitriles is 1. The third-order valence-electron chi connectivity index (χ3n) is 11.1. The molecule has 16 nitrogen and oxygen atoms in total. The second kappa shape index (κ2) is 21.1. The summed E-state index contributed by atoms with van der Waals surface area (Å²) in [7, 11) is 1.54. The molecule has 346 valence electrons. The number of methoxy groups -OCH3 is 2. The first-order valence-corrected chi connectivity index (χ1v) is 23.1. The Morgan fingerprint density at radius 3 is 2.06 bits per heavy atom. The number of anilines is 1. The second-order valence-electron chi connectivity index (χ2n) is 17.4. The van der Waals surface area contributed by atoms with E-state index in [1.165, 1.54) is 6.33 Å². The van der Waals surface area contributed by atoms with Gasteiger partial charge in [0, 0.05) is 24.4 Å². The average molecular weight is 910 g/mol. The summed E-state index contributed by atoms with van der Waals surface area (Å²) in [6, 6.07) is 27.4. The summed E-state index contributed by atoms with van der Waals surface area (Å²) >= 11 is 0. The zero-order valence-electron chi connectivity index (χ0n) is 38.7. The molecule has 5 aromatic rings. The van der Waals surface area contributed by atoms with Crippen LogP contribution in [0.4, 0.5) is 5.95 Å². The number of H-pyrrole nitrogens is 1. The van der Waals surface area contributed by atoms with Crippen molar-refractivity contribution in [2.24, 2.45) is 5.92 Å². The summed E-state index contributed by atoms with van der Waals surface area (Å²) in [5.74, 6) is 0.155. The van der Waals surface area contributed by atoms with Gasteiger partial charge in [0.25, 0.3) is 5.56 Å². The van der Waals surface area contributed by atoms with Crippen molar-refractivity contribution < 1.29 is 37.8 Å². The number of ether oxygens (including phenoxy) is 5. The minimum absolute atomic E-state index is 0.0172. The van der Waals surface area contributed by atoms with Gasteiger partial charge in [0.1, 0.15) is 49.5 Å². The Labute approximate surface area is 381 Å². The monoisotopic (exact) mass is 909 g/mol. The molecule has 6 rings (SSSR count). The number of fused-ring (bicyclic) bond motifs is 1. The highest BCUT2D eigenvalue weighted by Gasteiger charge is 2.45. The number of esters is 1. The fourth-order valence-corrected chi connectivity index (χ4v) is 10.2. The molecular weight excluding hydrogens is 850 g/mol. The number of nitrogens with zero attached hydrogens (tertiary/aromatic N) is 5. The van der Waals surface area contributed by atoms with Crippen molar-refractivity contribution in [1.82, 2.24) is 24.2 Å². The van der Waals surface area contributed by atoms with Crippen molar-refractivity contribution in [3.63, 3.8) is 0 Å². The number of hydrogen-bond acceptors (Lipinski definition) is 13. The zero-order valence-corrected chi connectivity index (χ0v) is 39.6. The van der Waals surface area contributed by atoms with Crippen LogP contribution in [-0.4, -0.2) is 92.9 Å². The van der Waals surface area contributed by atoms with E-state index in [4.69, 9.17) is 28.2 Å². The van der Waals surface area contributed by atoms with Gasteiger partial charge in [0.2, 0.25) is 11.9 Å². The van der Waals surface area contributed by atoms with Crippen LogP contribution in [0.25, 0.3) is 11.2 Å². The standard InChI is InChI=1S/C48H60N7O9P/c1-30(2)44(57)52-46-51-43-42(45(58)53-46)50-29-54(43)40-26-38(64-65(55(31(3)4)32(5)6)28-41(56)63-47(7,8)24-25-49)39(62-40)27-61-48(33-14-12-11-13-15-33,34-16-20-36(59-9)21-17-34)35-18-22-37(60-10)23-19-35/h11-23,29-32,38-40H,24,26-28H2,1-10H3,(H2,51,52,53,57,58)/t38-,39+,40+,65?/m0/s1. The van der Waals surface area contributed by atoms with Gasteiger partial charge in [0.15, 0.2) is 11.2 Å². The molecular formula is C48H60N7O9P. The van der Waals surface area contributed by atoms with E-state index in [0.717, 1.165) is 16.7 Å². The van der Waals surface area contributed by atoms with Gasteiger partial charge >= 0.3 is 5.97 Å². The Morgan fingerprint density at radius 2 is 1.52 bits per heavy atom. The Hall–Kier alpha value is -5.69. The van der Waals surface area contributed by atoms with Crippen LogP contribution in [0.15, 0.2) is 90.0 Å². The van der Waals surface area contributed by atoms with Crippen LogP contribution in [0.5, 0.6) is 11.5 Å². The molecule has 0 radical (unpaired) electrons. The molecule has 0 spiro atoms. The maximum Gasteiger partial charge on any atom is 0.314 e. The van der Waals surface area contributed by atoms with E-state index in [1.54, 1.807) is 46.5 Å². The first kappa shape index (κ1) is 48.8. The maximum atomic E-state index is 13.8. The molecule has 17 heteroatoms. The molecule has 0 saturated carbocycles. The van der Waals surface area contributed by atoms with Crippen LogP contribution in [0, 0.1) is 17.2 Å². The largest absolute Gasteiger partial charge is 0.497 e. The number of imidazole rings is 1. The molecule has 2 N–H and O–H groups in total. The van der Waals surface area contributed by atoms with E-state index in [-0.39, 0.29) is 66.6 Å². The van der Waals surface area contributed by atoms with Crippen LogP contribution in [-0.2, 0) is 33.9 Å². The zero-order chi connectivity index (χ0) is 47.1. The number of benzene rings is 3. The first-order chi connectivity index (χ1) is 31.0. The summed E-state index contributed by atoms with van der Waals surface area (Å²) in [5, 5.41) is 12.1. The molecule has 1 saturated heterocycles. The highest BCUT2D eigenvalue weighted by atomic mass is 31.2. The number of aromatic amines is 1. The van der Waals surface area contributed by atoms with E-state index in [1.807, 2.05) is 107 Å². The fraction of sp³-hybridized carbons (Fsp3) is 0.458. The SMILES string of the molecule is COc1ccc(C(OC[C@H]2O[C@@H](n3cnc4c(=O)[nH]c(NC(=O)C(C)C)nc43)C[C@@H]2OP(CC(=O)OC(C)(C)CC#N)N(C(C)C)C(C)C)(c2ccccc2)c2ccc(OC)cc2)cc1. The predicted molar refractivity (Wildman–Crippen MR) is 248 cm³/mol. The van der Waals surface area contributed by atoms with Crippen LogP contribution >= 0.6 is 8.30 Å². The van der Waals surface area contributed by atoms with Crippen molar-refractivity contribution in [1.29, 1.82) is 5.26 Å². The molecule has 3 aromatic carbocycles. The summed E-state index contributed by atoms with van der Waals surface area (Å²) < 4.78 is 42.3. The van der Waals surface area contributed by atoms with Crippen molar-refractivity contribution in [2.45, 2.75) is 110 Å². The van der Waals surface area contributed by atoms with Crippen LogP contribution in [0.2, 0.25) is 0 Å². The molecule has 3 heterocycles. The van der Waals surface area contributed by atoms with Crippen molar-refractivity contribution in [2.75, 3.05) is 32.3 Å². The van der Waals surface area contributed by atoms with Crippen LogP contribution in [0.3, 0.4) is 0 Å². The van der Waals surface area contributed by atoms with E-state index >= 15 is 0 Å². The minimum atomic E-state index is -1.69. The quantitative estimate of drug-likeness (QED) is 0.0433. The summed E-state index contributed by atoms with van der Waals surface area (Å²) in [5.41, 5.74) is 0.00436. The van der Waals surface area contributed by atoms with E-state index in [9.17, 15) is 19.6 Å². The Balaban J connectivity index is 1.46. The number of carbonyl (C=O) groups is 2. The summed E-state index contributed by atoms with van der Waals surface area (Å²) in [6.07, 6.45) is -0.562. The molecule has 1 amide bonds. The lowest BCUT2D eigenvalue weighted by atomic mass is 9.80. The molecule has 2 aromatic heterocycles. The van der Waals surface area contributed by atoms with Crippen molar-refractivity contribution in [3.05, 3.63) is 112 Å². The molecule has 65 heavy (non-hydrogen) atoms. The van der Waals surface area contributed by atoms with Gasteiger partial charge in [-0.25, -0.2) is 4.98 Å². The topological polar surface area (TPSA) is 192 Å². The van der Waals surface area contributed by atoms with E-state index < -0.39 is 49.5 Å². The number of amides is 1. The van der Waals surface area contributed by atoms with Gasteiger partial charge in [-0.15, -0.1) is 0 Å².